The van der Waals surface area contributed by atoms with E-state index in [0.29, 0.717) is 12.5 Å². The first-order chi connectivity index (χ1) is 7.75. The maximum atomic E-state index is 11.1. The van der Waals surface area contributed by atoms with E-state index in [1.165, 1.54) is 0 Å². The predicted octanol–water partition coefficient (Wildman–Crippen LogP) is 3.47. The van der Waals surface area contributed by atoms with Crippen molar-refractivity contribution in [2.75, 3.05) is 6.61 Å². The fraction of sp³-hybridized carbons (Fsp3) is 0.929. The third-order valence-corrected chi connectivity index (χ3v) is 3.70. The Balaban J connectivity index is 2.74. The molecule has 0 spiro atoms. The molecule has 1 rings (SSSR count). The molecule has 0 amide bonds. The summed E-state index contributed by atoms with van der Waals surface area (Å²) in [7, 11) is 0. The van der Waals surface area contributed by atoms with E-state index < -0.39 is 5.97 Å². The summed E-state index contributed by atoms with van der Waals surface area (Å²) in [5, 5.41) is 9.13. The van der Waals surface area contributed by atoms with Gasteiger partial charge in [0.25, 0.3) is 0 Å². The number of hydrogen-bond acceptors (Lipinski definition) is 2. The van der Waals surface area contributed by atoms with Gasteiger partial charge in [-0.25, -0.2) is 0 Å². The molecule has 0 aromatic heterocycles. The molecular weight excluding hydrogens is 216 g/mol. The molecule has 0 aromatic carbocycles. The quantitative estimate of drug-likeness (QED) is 0.803. The van der Waals surface area contributed by atoms with Crippen LogP contribution in [0.1, 0.15) is 59.8 Å². The minimum atomic E-state index is -0.675. The second-order valence-corrected chi connectivity index (χ2v) is 6.54. The van der Waals surface area contributed by atoms with Crippen molar-refractivity contribution in [1.29, 1.82) is 0 Å². The van der Waals surface area contributed by atoms with E-state index in [2.05, 4.69) is 27.7 Å². The second kappa shape index (κ2) is 5.38. The van der Waals surface area contributed by atoms with Crippen molar-refractivity contribution in [3.05, 3.63) is 0 Å². The summed E-state index contributed by atoms with van der Waals surface area (Å²) < 4.78 is 5.72. The molecule has 100 valence electrons. The Morgan fingerprint density at radius 1 is 1.41 bits per heavy atom. The molecule has 1 N–H and O–H groups in total. The molecule has 0 aliphatic carbocycles. The molecule has 3 nitrogen and oxygen atoms in total. The zero-order valence-electron chi connectivity index (χ0n) is 11.6. The maximum Gasteiger partial charge on any atom is 0.303 e. The van der Waals surface area contributed by atoms with Crippen molar-refractivity contribution in [3.8, 4) is 0 Å². The van der Waals surface area contributed by atoms with Crippen LogP contribution in [0.2, 0.25) is 0 Å². The summed E-state index contributed by atoms with van der Waals surface area (Å²) >= 11 is 0. The molecule has 3 heteroatoms. The lowest BCUT2D eigenvalue weighted by Gasteiger charge is -2.44. The molecule has 0 aromatic rings. The number of rotatable bonds is 5. The standard InChI is InChI=1S/C14H26O3/c1-11(2)5-6-14(9-12(15)16)7-8-17-13(3,4)10-14/h11H,5-10H2,1-4H3,(H,15,16)/t14-/m0/s1. The molecule has 1 saturated heterocycles. The first-order valence-electron chi connectivity index (χ1n) is 6.60. The normalized spacial score (nSPS) is 28.3. The largest absolute Gasteiger partial charge is 0.481 e. The minimum absolute atomic E-state index is 0.0577. The number of hydrogen-bond donors (Lipinski definition) is 1. The molecule has 0 bridgehead atoms. The van der Waals surface area contributed by atoms with Gasteiger partial charge in [0.15, 0.2) is 0 Å². The van der Waals surface area contributed by atoms with Gasteiger partial charge in [-0.3, -0.25) is 4.79 Å². The lowest BCUT2D eigenvalue weighted by Crippen LogP contribution is -2.42. The number of ether oxygens (including phenoxy) is 1. The van der Waals surface area contributed by atoms with Gasteiger partial charge in [-0.1, -0.05) is 20.3 Å². The van der Waals surface area contributed by atoms with Crippen LogP contribution in [-0.4, -0.2) is 23.3 Å². The van der Waals surface area contributed by atoms with E-state index in [1.807, 2.05) is 0 Å². The summed E-state index contributed by atoms with van der Waals surface area (Å²) in [4.78, 5) is 11.1. The summed E-state index contributed by atoms with van der Waals surface area (Å²) in [6.45, 7) is 9.21. The Morgan fingerprint density at radius 2 is 2.06 bits per heavy atom. The molecule has 1 aliphatic heterocycles. The van der Waals surface area contributed by atoms with Crippen LogP contribution < -0.4 is 0 Å². The highest BCUT2D eigenvalue weighted by atomic mass is 16.5. The van der Waals surface area contributed by atoms with Gasteiger partial charge in [0.2, 0.25) is 0 Å². The van der Waals surface area contributed by atoms with Crippen LogP contribution in [0.25, 0.3) is 0 Å². The fourth-order valence-electron chi connectivity index (χ4n) is 2.95. The molecule has 0 saturated carbocycles. The lowest BCUT2D eigenvalue weighted by molar-refractivity contribution is -0.148. The SMILES string of the molecule is CC(C)CC[C@@]1(CC(=O)O)CCOC(C)(C)C1. The Labute approximate surface area is 105 Å². The molecule has 0 radical (unpaired) electrons. The second-order valence-electron chi connectivity index (χ2n) is 6.54. The Kier molecular flexibility index (Phi) is 4.59. The van der Waals surface area contributed by atoms with Gasteiger partial charge < -0.3 is 9.84 Å². The third-order valence-electron chi connectivity index (χ3n) is 3.70. The molecule has 1 atom stereocenters. The van der Waals surface area contributed by atoms with E-state index in [-0.39, 0.29) is 17.4 Å². The summed E-state index contributed by atoms with van der Waals surface area (Å²) in [5.41, 5.74) is -0.234. The highest BCUT2D eigenvalue weighted by Gasteiger charge is 2.41. The van der Waals surface area contributed by atoms with Gasteiger partial charge in [-0.15, -0.1) is 0 Å². The first-order valence-corrected chi connectivity index (χ1v) is 6.60. The van der Waals surface area contributed by atoms with Crippen molar-refractivity contribution < 1.29 is 14.6 Å². The maximum absolute atomic E-state index is 11.1. The van der Waals surface area contributed by atoms with Crippen molar-refractivity contribution in [2.24, 2.45) is 11.3 Å². The first kappa shape index (κ1) is 14.5. The molecule has 0 unspecified atom stereocenters. The number of carbonyl (C=O) groups is 1. The Hall–Kier alpha value is -0.570. The Morgan fingerprint density at radius 3 is 2.53 bits per heavy atom. The number of carboxylic acids is 1. The topological polar surface area (TPSA) is 46.5 Å². The molecule has 17 heavy (non-hydrogen) atoms. The van der Waals surface area contributed by atoms with Gasteiger partial charge >= 0.3 is 5.97 Å². The highest BCUT2D eigenvalue weighted by molar-refractivity contribution is 5.67. The van der Waals surface area contributed by atoms with E-state index in [4.69, 9.17) is 9.84 Å². The monoisotopic (exact) mass is 242 g/mol. The highest BCUT2D eigenvalue weighted by Crippen LogP contribution is 2.45. The van der Waals surface area contributed by atoms with Crippen molar-refractivity contribution in [2.45, 2.75) is 65.4 Å². The van der Waals surface area contributed by atoms with Crippen molar-refractivity contribution >= 4 is 5.97 Å². The van der Waals surface area contributed by atoms with Gasteiger partial charge in [-0.2, -0.15) is 0 Å². The predicted molar refractivity (Wildman–Crippen MR) is 68.0 cm³/mol. The van der Waals surface area contributed by atoms with Crippen molar-refractivity contribution in [1.82, 2.24) is 0 Å². The zero-order valence-corrected chi connectivity index (χ0v) is 11.6. The van der Waals surface area contributed by atoms with E-state index in [0.717, 1.165) is 25.7 Å². The molecule has 1 fully saturated rings. The van der Waals surface area contributed by atoms with E-state index >= 15 is 0 Å². The number of aliphatic carboxylic acids is 1. The van der Waals surface area contributed by atoms with Gasteiger partial charge in [0, 0.05) is 6.61 Å². The van der Waals surface area contributed by atoms with Crippen LogP contribution in [-0.2, 0) is 9.53 Å². The average Bonchev–Trinajstić information content (AvgIpc) is 2.12. The van der Waals surface area contributed by atoms with E-state index in [1.54, 1.807) is 0 Å². The molecule has 1 heterocycles. The van der Waals surface area contributed by atoms with Crippen LogP contribution in [0.4, 0.5) is 0 Å². The minimum Gasteiger partial charge on any atom is -0.481 e. The third kappa shape index (κ3) is 4.66. The molecular formula is C14H26O3. The van der Waals surface area contributed by atoms with E-state index in [9.17, 15) is 4.79 Å². The summed E-state index contributed by atoms with van der Waals surface area (Å²) in [6, 6.07) is 0. The van der Waals surface area contributed by atoms with Crippen molar-refractivity contribution in [3.63, 3.8) is 0 Å². The van der Waals surface area contributed by atoms with Crippen LogP contribution in [0, 0.1) is 11.3 Å². The Bertz CT molecular complexity index is 271. The van der Waals surface area contributed by atoms with Crippen LogP contribution >= 0.6 is 0 Å². The van der Waals surface area contributed by atoms with Crippen LogP contribution in [0.5, 0.6) is 0 Å². The van der Waals surface area contributed by atoms with Gasteiger partial charge in [-0.05, 0) is 44.4 Å². The van der Waals surface area contributed by atoms with Crippen LogP contribution in [0.15, 0.2) is 0 Å². The van der Waals surface area contributed by atoms with Gasteiger partial charge in [0.05, 0.1) is 12.0 Å². The van der Waals surface area contributed by atoms with Gasteiger partial charge in [0.1, 0.15) is 0 Å². The molecule has 1 aliphatic rings. The fourth-order valence-corrected chi connectivity index (χ4v) is 2.95. The summed E-state index contributed by atoms with van der Waals surface area (Å²) in [5.74, 6) is -0.0434. The van der Waals surface area contributed by atoms with Crippen LogP contribution in [0.3, 0.4) is 0 Å². The zero-order chi connectivity index (χ0) is 13.1. The smallest absolute Gasteiger partial charge is 0.303 e. The summed E-state index contributed by atoms with van der Waals surface area (Å²) in [6.07, 6.45) is 4.13. The lowest BCUT2D eigenvalue weighted by atomic mass is 9.68. The number of carboxylic acid groups (broad SMARTS) is 1. The average molecular weight is 242 g/mol.